The van der Waals surface area contributed by atoms with Crippen LogP contribution in [0.4, 0.5) is 24.7 Å². The Morgan fingerprint density at radius 3 is 2.49 bits per heavy atom. The van der Waals surface area contributed by atoms with Crippen LogP contribution in [0, 0.1) is 11.3 Å². The summed E-state index contributed by atoms with van der Waals surface area (Å²) in [7, 11) is 3.65. The minimum atomic E-state index is -4.67. The average molecular weight is 654 g/mol. The lowest BCUT2D eigenvalue weighted by Gasteiger charge is -2.44. The van der Waals surface area contributed by atoms with E-state index in [1.165, 1.54) is 6.07 Å². The fourth-order valence-corrected chi connectivity index (χ4v) is 6.57. The maximum absolute atomic E-state index is 13.8. The average Bonchev–Trinajstić information content (AvgIpc) is 3.47. The molecule has 1 aliphatic heterocycles. The molecule has 14 heteroatoms. The topological polar surface area (TPSA) is 130 Å². The molecular weight excluding hydrogens is 615 g/mol. The lowest BCUT2D eigenvalue weighted by molar-refractivity contribution is -0.142. The number of rotatable bonds is 11. The summed E-state index contributed by atoms with van der Waals surface area (Å²) in [5.74, 6) is 0.0300. The molecule has 47 heavy (non-hydrogen) atoms. The molecule has 0 spiro atoms. The van der Waals surface area contributed by atoms with E-state index in [1.807, 2.05) is 19.2 Å². The predicted molar refractivity (Wildman–Crippen MR) is 171 cm³/mol. The van der Waals surface area contributed by atoms with Crippen molar-refractivity contribution in [2.75, 3.05) is 56.8 Å². The van der Waals surface area contributed by atoms with Crippen LogP contribution in [0.25, 0.3) is 33.8 Å². The van der Waals surface area contributed by atoms with Gasteiger partial charge in [-0.2, -0.15) is 13.2 Å². The summed E-state index contributed by atoms with van der Waals surface area (Å²) in [5.41, 5.74) is 1.86. The molecule has 0 unspecified atom stereocenters. The van der Waals surface area contributed by atoms with Crippen LogP contribution < -0.4 is 14.5 Å². The third kappa shape index (κ3) is 6.83. The number of methoxy groups -OCH3 is 1. The van der Waals surface area contributed by atoms with E-state index in [1.54, 1.807) is 26.3 Å². The lowest BCUT2D eigenvalue weighted by Crippen LogP contribution is -2.44. The van der Waals surface area contributed by atoms with Gasteiger partial charge in [0.1, 0.15) is 22.9 Å². The Labute approximate surface area is 270 Å². The van der Waals surface area contributed by atoms with Crippen LogP contribution >= 0.6 is 0 Å². The standard InChI is InChI=1S/C33H38F3N7O4/c1-4-47-27-15-22(14-25(39-27)33(34,35)36)23-16-24(42(2)18-32(19-46-3)10-5-11-32)28-30(38-23)41-29(40-28)21-6-7-26(37-17-21)43-12-8-20(9-13-43)31(44)45/h6-7,14-17,20H,4-5,8-13,18-19H2,1-3H3,(H,44,45)(H,38,40,41). The molecule has 1 saturated heterocycles. The Morgan fingerprint density at radius 2 is 1.89 bits per heavy atom. The fourth-order valence-electron chi connectivity index (χ4n) is 6.57. The van der Waals surface area contributed by atoms with E-state index in [0.29, 0.717) is 67.3 Å². The van der Waals surface area contributed by atoms with Crippen molar-refractivity contribution in [3.8, 4) is 28.5 Å². The molecule has 6 rings (SSSR count). The monoisotopic (exact) mass is 653 g/mol. The van der Waals surface area contributed by atoms with Gasteiger partial charge in [-0.25, -0.2) is 19.9 Å². The van der Waals surface area contributed by atoms with Crippen molar-refractivity contribution in [2.45, 2.75) is 45.2 Å². The van der Waals surface area contributed by atoms with Crippen molar-refractivity contribution in [2.24, 2.45) is 11.3 Å². The fraction of sp³-hybridized carbons (Fsp3) is 0.485. The van der Waals surface area contributed by atoms with Crippen LogP contribution in [-0.4, -0.2) is 83.0 Å². The smallest absolute Gasteiger partial charge is 0.433 e. The molecule has 0 radical (unpaired) electrons. The SMILES string of the molecule is CCOc1cc(-c2cc(N(C)CC3(COC)CCC3)c3[nH]c(-c4ccc(N5CCC(C(=O)O)CC5)nc4)nc3n2)cc(C(F)(F)F)n1. The van der Waals surface area contributed by atoms with Crippen LogP contribution in [0.1, 0.15) is 44.7 Å². The molecule has 2 aliphatic rings. The molecule has 0 bridgehead atoms. The number of nitrogens with zero attached hydrogens (tertiary/aromatic N) is 6. The zero-order valence-corrected chi connectivity index (χ0v) is 26.6. The number of imidazole rings is 1. The molecule has 1 aliphatic carbocycles. The summed E-state index contributed by atoms with van der Waals surface area (Å²) < 4.78 is 52.5. The number of piperidine rings is 1. The van der Waals surface area contributed by atoms with Gasteiger partial charge >= 0.3 is 12.1 Å². The zero-order chi connectivity index (χ0) is 33.3. The Balaban J connectivity index is 1.38. The van der Waals surface area contributed by atoms with E-state index in [4.69, 9.17) is 19.4 Å². The maximum Gasteiger partial charge on any atom is 0.433 e. The third-order valence-electron chi connectivity index (χ3n) is 9.16. The number of nitrogens with one attached hydrogen (secondary N) is 1. The van der Waals surface area contributed by atoms with Crippen molar-refractivity contribution < 1.29 is 32.5 Å². The number of aromatic amines is 1. The number of hydrogen-bond donors (Lipinski definition) is 2. The number of carbonyl (C=O) groups is 1. The van der Waals surface area contributed by atoms with E-state index >= 15 is 0 Å². The maximum atomic E-state index is 13.8. The number of halogens is 3. The van der Waals surface area contributed by atoms with E-state index in [0.717, 1.165) is 36.8 Å². The second-order valence-corrected chi connectivity index (χ2v) is 12.5. The highest BCUT2D eigenvalue weighted by atomic mass is 19.4. The van der Waals surface area contributed by atoms with E-state index in [-0.39, 0.29) is 29.4 Å². The molecule has 0 amide bonds. The highest BCUT2D eigenvalue weighted by Gasteiger charge is 2.39. The summed E-state index contributed by atoms with van der Waals surface area (Å²) in [6.07, 6.45) is 1.30. The number of anilines is 2. The van der Waals surface area contributed by atoms with Gasteiger partial charge in [-0.05, 0) is 56.9 Å². The first kappa shape index (κ1) is 32.5. The molecular formula is C33H38F3N7O4. The highest BCUT2D eigenvalue weighted by molar-refractivity contribution is 5.91. The van der Waals surface area contributed by atoms with Gasteiger partial charge < -0.3 is 29.4 Å². The van der Waals surface area contributed by atoms with Crippen molar-refractivity contribution >= 4 is 28.6 Å². The minimum absolute atomic E-state index is 0.0248. The van der Waals surface area contributed by atoms with Gasteiger partial charge in [0, 0.05) is 62.6 Å². The number of alkyl halides is 3. The highest BCUT2D eigenvalue weighted by Crippen LogP contribution is 2.43. The molecule has 250 valence electrons. The van der Waals surface area contributed by atoms with Crippen LogP contribution in [0.3, 0.4) is 0 Å². The Morgan fingerprint density at radius 1 is 1.13 bits per heavy atom. The molecule has 0 aromatic carbocycles. The van der Waals surface area contributed by atoms with Crippen molar-refractivity contribution in [3.63, 3.8) is 0 Å². The number of aliphatic carboxylic acids is 1. The summed E-state index contributed by atoms with van der Waals surface area (Å²) in [4.78, 5) is 36.7. The van der Waals surface area contributed by atoms with Crippen LogP contribution in [0.2, 0.25) is 0 Å². The van der Waals surface area contributed by atoms with E-state index < -0.39 is 17.8 Å². The number of carboxylic acid groups (broad SMARTS) is 1. The quantitative estimate of drug-likeness (QED) is 0.197. The third-order valence-corrected chi connectivity index (χ3v) is 9.16. The number of pyridine rings is 3. The Hall–Kier alpha value is -4.46. The van der Waals surface area contributed by atoms with Crippen LogP contribution in [-0.2, 0) is 15.7 Å². The number of aromatic nitrogens is 5. The largest absolute Gasteiger partial charge is 0.481 e. The molecule has 0 atom stereocenters. The second kappa shape index (κ2) is 13.0. The van der Waals surface area contributed by atoms with Crippen LogP contribution in [0.5, 0.6) is 5.88 Å². The molecule has 4 aromatic heterocycles. The Bertz CT molecular complexity index is 1730. The first-order valence-corrected chi connectivity index (χ1v) is 15.8. The summed E-state index contributed by atoms with van der Waals surface area (Å²) >= 11 is 0. The summed E-state index contributed by atoms with van der Waals surface area (Å²) in [5, 5.41) is 9.31. The normalized spacial score (nSPS) is 16.7. The van der Waals surface area contributed by atoms with E-state index in [2.05, 4.69) is 24.8 Å². The number of hydrogen-bond acceptors (Lipinski definition) is 9. The van der Waals surface area contributed by atoms with Crippen LogP contribution in [0.15, 0.2) is 36.5 Å². The number of H-pyrrole nitrogens is 1. The summed E-state index contributed by atoms with van der Waals surface area (Å²) in [6.45, 7) is 4.34. The van der Waals surface area contributed by atoms with Gasteiger partial charge in [-0.15, -0.1) is 0 Å². The zero-order valence-electron chi connectivity index (χ0n) is 26.6. The Kier molecular flexibility index (Phi) is 8.97. The number of ether oxygens (including phenoxy) is 2. The second-order valence-electron chi connectivity index (χ2n) is 12.5. The molecule has 2 fully saturated rings. The predicted octanol–water partition coefficient (Wildman–Crippen LogP) is 6.05. The molecule has 5 heterocycles. The van der Waals surface area contributed by atoms with Gasteiger partial charge in [0.15, 0.2) is 5.65 Å². The first-order valence-electron chi connectivity index (χ1n) is 15.8. The van der Waals surface area contributed by atoms with Gasteiger partial charge in [-0.1, -0.05) is 6.42 Å². The van der Waals surface area contributed by atoms with Gasteiger partial charge in [0.05, 0.1) is 30.5 Å². The first-order chi connectivity index (χ1) is 22.5. The minimum Gasteiger partial charge on any atom is -0.481 e. The van der Waals surface area contributed by atoms with Crippen molar-refractivity contribution in [3.05, 3.63) is 42.2 Å². The summed E-state index contributed by atoms with van der Waals surface area (Å²) in [6, 6.07) is 7.99. The molecule has 4 aromatic rings. The van der Waals surface area contributed by atoms with Crippen molar-refractivity contribution in [1.82, 2.24) is 24.9 Å². The lowest BCUT2D eigenvalue weighted by atomic mass is 9.69. The number of carboxylic acids is 1. The molecule has 1 saturated carbocycles. The van der Waals surface area contributed by atoms with E-state index in [9.17, 15) is 23.1 Å². The molecule has 11 nitrogen and oxygen atoms in total. The number of fused-ring (bicyclic) bond motifs is 1. The van der Waals surface area contributed by atoms with Gasteiger partial charge in [-0.3, -0.25) is 4.79 Å². The van der Waals surface area contributed by atoms with Gasteiger partial charge in [0.25, 0.3) is 0 Å². The van der Waals surface area contributed by atoms with Gasteiger partial charge in [0.2, 0.25) is 5.88 Å². The van der Waals surface area contributed by atoms with Crippen molar-refractivity contribution in [1.29, 1.82) is 0 Å². The molecule has 2 N–H and O–H groups in total.